The fourth-order valence-electron chi connectivity index (χ4n) is 3.05. The molecule has 1 aliphatic rings. The second-order valence-electron chi connectivity index (χ2n) is 6.37. The topological polar surface area (TPSA) is 95.7 Å². The van der Waals surface area contributed by atoms with E-state index in [4.69, 9.17) is 9.47 Å². The third-order valence-corrected chi connectivity index (χ3v) is 4.46. The van der Waals surface area contributed by atoms with Crippen LogP contribution in [0.25, 0.3) is 0 Å². The standard InChI is InChI=1S/C20H19NO6/c1-13(20(23)16-6-5-14-3-2-4-15(14)11-16)27-19(22)12-26-18-9-7-17(8-10-18)21(24)25/h5-11,13H,2-4,12H2,1H3/t13-/m0/s1. The number of ketones is 1. The Bertz CT molecular complexity index is 875. The van der Waals surface area contributed by atoms with Gasteiger partial charge in [0.2, 0.25) is 5.78 Å². The average Bonchev–Trinajstić information content (AvgIpc) is 3.13. The van der Waals surface area contributed by atoms with Crippen LogP contribution in [0.15, 0.2) is 42.5 Å². The minimum Gasteiger partial charge on any atom is -0.482 e. The van der Waals surface area contributed by atoms with Crippen LogP contribution in [0.1, 0.15) is 34.8 Å². The van der Waals surface area contributed by atoms with E-state index in [0.717, 1.165) is 19.3 Å². The monoisotopic (exact) mass is 369 g/mol. The van der Waals surface area contributed by atoms with Crippen molar-refractivity contribution in [1.82, 2.24) is 0 Å². The van der Waals surface area contributed by atoms with Gasteiger partial charge in [0.25, 0.3) is 5.69 Å². The SMILES string of the molecule is C[C@H](OC(=O)COc1ccc([N+](=O)[O-])cc1)C(=O)c1ccc2c(c1)CCC2. The summed E-state index contributed by atoms with van der Waals surface area (Å²) in [5.41, 5.74) is 2.92. The lowest BCUT2D eigenvalue weighted by atomic mass is 10.0. The summed E-state index contributed by atoms with van der Waals surface area (Å²) >= 11 is 0. The lowest BCUT2D eigenvalue weighted by Gasteiger charge is -2.13. The van der Waals surface area contributed by atoms with Gasteiger partial charge in [0.15, 0.2) is 12.7 Å². The number of ether oxygens (including phenoxy) is 2. The van der Waals surface area contributed by atoms with Gasteiger partial charge < -0.3 is 9.47 Å². The van der Waals surface area contributed by atoms with Crippen molar-refractivity contribution in [2.24, 2.45) is 0 Å². The second kappa shape index (κ2) is 7.99. The summed E-state index contributed by atoms with van der Waals surface area (Å²) in [4.78, 5) is 34.5. The van der Waals surface area contributed by atoms with Gasteiger partial charge in [-0.25, -0.2) is 4.79 Å². The van der Waals surface area contributed by atoms with E-state index in [1.54, 1.807) is 6.07 Å². The Hall–Kier alpha value is -3.22. The third kappa shape index (κ3) is 4.49. The van der Waals surface area contributed by atoms with Crippen LogP contribution in [0, 0.1) is 10.1 Å². The zero-order chi connectivity index (χ0) is 19.4. The van der Waals surface area contributed by atoms with Gasteiger partial charge in [0.1, 0.15) is 5.75 Å². The van der Waals surface area contributed by atoms with E-state index in [9.17, 15) is 19.7 Å². The summed E-state index contributed by atoms with van der Waals surface area (Å²) in [5.74, 6) is -0.640. The molecule has 0 N–H and O–H groups in total. The summed E-state index contributed by atoms with van der Waals surface area (Å²) in [6.45, 7) is 1.14. The molecule has 0 unspecified atom stereocenters. The van der Waals surface area contributed by atoms with Gasteiger partial charge in [-0.05, 0) is 55.5 Å². The maximum atomic E-state index is 12.5. The molecule has 27 heavy (non-hydrogen) atoms. The van der Waals surface area contributed by atoms with Crippen molar-refractivity contribution in [1.29, 1.82) is 0 Å². The molecular weight excluding hydrogens is 350 g/mol. The number of rotatable bonds is 7. The van der Waals surface area contributed by atoms with Gasteiger partial charge in [-0.1, -0.05) is 12.1 Å². The number of nitro benzene ring substituents is 1. The van der Waals surface area contributed by atoms with E-state index in [-0.39, 0.29) is 18.1 Å². The van der Waals surface area contributed by atoms with Crippen LogP contribution in [0.3, 0.4) is 0 Å². The molecule has 140 valence electrons. The molecule has 0 fully saturated rings. The molecule has 7 nitrogen and oxygen atoms in total. The number of esters is 1. The molecule has 3 rings (SSSR count). The maximum Gasteiger partial charge on any atom is 0.344 e. The Labute approximate surface area is 156 Å². The van der Waals surface area contributed by atoms with Crippen molar-refractivity contribution in [3.63, 3.8) is 0 Å². The maximum absolute atomic E-state index is 12.5. The number of carbonyl (C=O) groups is 2. The highest BCUT2D eigenvalue weighted by atomic mass is 16.6. The number of Topliss-reactive ketones (excluding diaryl/α,β-unsaturated/α-hetero) is 1. The van der Waals surface area contributed by atoms with Crippen LogP contribution in [0.5, 0.6) is 5.75 Å². The van der Waals surface area contributed by atoms with Gasteiger partial charge in [-0.2, -0.15) is 0 Å². The second-order valence-corrected chi connectivity index (χ2v) is 6.37. The molecule has 2 aromatic rings. The van der Waals surface area contributed by atoms with Gasteiger partial charge >= 0.3 is 5.97 Å². The first-order valence-corrected chi connectivity index (χ1v) is 8.67. The molecule has 0 saturated heterocycles. The van der Waals surface area contributed by atoms with Gasteiger partial charge in [-0.3, -0.25) is 14.9 Å². The minimum absolute atomic E-state index is 0.0708. The van der Waals surface area contributed by atoms with Crippen LogP contribution < -0.4 is 4.74 Å². The van der Waals surface area contributed by atoms with Gasteiger partial charge in [0, 0.05) is 17.7 Å². The summed E-state index contributed by atoms with van der Waals surface area (Å²) in [6, 6.07) is 10.9. The quantitative estimate of drug-likeness (QED) is 0.322. The number of hydrogen-bond acceptors (Lipinski definition) is 6. The normalized spacial score (nSPS) is 13.5. The van der Waals surface area contributed by atoms with Gasteiger partial charge in [0.05, 0.1) is 4.92 Å². The first kappa shape index (κ1) is 18.6. The van der Waals surface area contributed by atoms with Crippen molar-refractivity contribution in [2.75, 3.05) is 6.61 Å². The van der Waals surface area contributed by atoms with E-state index in [0.29, 0.717) is 11.3 Å². The Morgan fingerprint density at radius 2 is 1.81 bits per heavy atom. The largest absolute Gasteiger partial charge is 0.482 e. The Balaban J connectivity index is 1.52. The number of aryl methyl sites for hydroxylation is 2. The lowest BCUT2D eigenvalue weighted by molar-refractivity contribution is -0.384. The van der Waals surface area contributed by atoms with Crippen LogP contribution in [0.2, 0.25) is 0 Å². The zero-order valence-corrected chi connectivity index (χ0v) is 14.8. The number of hydrogen-bond donors (Lipinski definition) is 0. The number of carbonyl (C=O) groups excluding carboxylic acids is 2. The number of fused-ring (bicyclic) bond motifs is 1. The smallest absolute Gasteiger partial charge is 0.344 e. The molecular formula is C20H19NO6. The van der Waals surface area contributed by atoms with Crippen molar-refractivity contribution >= 4 is 17.4 Å². The summed E-state index contributed by atoms with van der Waals surface area (Å²) in [6.07, 6.45) is 2.18. The molecule has 2 aromatic carbocycles. The fourth-order valence-corrected chi connectivity index (χ4v) is 3.05. The number of nitrogens with zero attached hydrogens (tertiary/aromatic N) is 1. The van der Waals surface area contributed by atoms with Crippen LogP contribution in [-0.4, -0.2) is 29.4 Å². The first-order valence-electron chi connectivity index (χ1n) is 8.67. The summed E-state index contributed by atoms with van der Waals surface area (Å²) in [7, 11) is 0. The number of benzene rings is 2. The first-order chi connectivity index (χ1) is 12.9. The van der Waals surface area contributed by atoms with Crippen molar-refractivity contribution in [3.8, 4) is 5.75 Å². The van der Waals surface area contributed by atoms with Crippen LogP contribution in [0.4, 0.5) is 5.69 Å². The van der Waals surface area contributed by atoms with E-state index >= 15 is 0 Å². The molecule has 0 bridgehead atoms. The molecule has 1 aliphatic carbocycles. The van der Waals surface area contributed by atoms with Gasteiger partial charge in [-0.15, -0.1) is 0 Å². The summed E-state index contributed by atoms with van der Waals surface area (Å²) < 4.78 is 10.4. The highest BCUT2D eigenvalue weighted by Gasteiger charge is 2.21. The molecule has 1 atom stereocenters. The molecule has 0 saturated carbocycles. The minimum atomic E-state index is -0.919. The molecule has 0 aromatic heterocycles. The zero-order valence-electron chi connectivity index (χ0n) is 14.8. The number of non-ortho nitro benzene ring substituents is 1. The van der Waals surface area contributed by atoms with Crippen LogP contribution >= 0.6 is 0 Å². The molecule has 0 aliphatic heterocycles. The Morgan fingerprint density at radius 1 is 1.11 bits per heavy atom. The van der Waals surface area contributed by atoms with E-state index in [2.05, 4.69) is 0 Å². The van der Waals surface area contributed by atoms with Crippen molar-refractivity contribution < 1.29 is 24.0 Å². The summed E-state index contributed by atoms with van der Waals surface area (Å²) in [5, 5.41) is 10.6. The molecule has 0 spiro atoms. The molecule has 0 radical (unpaired) electrons. The highest BCUT2D eigenvalue weighted by Crippen LogP contribution is 2.23. The third-order valence-electron chi connectivity index (χ3n) is 4.46. The van der Waals surface area contributed by atoms with E-state index in [1.807, 2.05) is 12.1 Å². The Kier molecular flexibility index (Phi) is 5.49. The highest BCUT2D eigenvalue weighted by molar-refractivity contribution is 6.00. The average molecular weight is 369 g/mol. The predicted molar refractivity (Wildman–Crippen MR) is 96.9 cm³/mol. The predicted octanol–water partition coefficient (Wildman–Crippen LogP) is 3.28. The van der Waals surface area contributed by atoms with E-state index < -0.39 is 17.0 Å². The van der Waals surface area contributed by atoms with E-state index in [1.165, 1.54) is 42.3 Å². The molecule has 0 amide bonds. The molecule has 0 heterocycles. The lowest BCUT2D eigenvalue weighted by Crippen LogP contribution is -2.27. The van der Waals surface area contributed by atoms with Crippen LogP contribution in [-0.2, 0) is 22.4 Å². The molecule has 7 heteroatoms. The van der Waals surface area contributed by atoms with Crippen molar-refractivity contribution in [2.45, 2.75) is 32.3 Å². The fraction of sp³-hybridized carbons (Fsp3) is 0.300. The van der Waals surface area contributed by atoms with Crippen molar-refractivity contribution in [3.05, 3.63) is 69.3 Å². The number of nitro groups is 1. The Morgan fingerprint density at radius 3 is 2.52 bits per heavy atom.